The normalized spacial score (nSPS) is 12.0. The first-order valence-electron chi connectivity index (χ1n) is 7.34. The highest BCUT2D eigenvalue weighted by atomic mass is 35.5. The monoisotopic (exact) mass is 377 g/mol. The van der Waals surface area contributed by atoms with Gasteiger partial charge in [-0.15, -0.1) is 0 Å². The first kappa shape index (κ1) is 17.3. The number of fused-ring (bicyclic) bond motifs is 1. The van der Waals surface area contributed by atoms with Crippen LogP contribution >= 0.6 is 23.2 Å². The summed E-state index contributed by atoms with van der Waals surface area (Å²) in [5.74, 6) is -1.13. The van der Waals surface area contributed by atoms with Gasteiger partial charge in [-0.3, -0.25) is 4.79 Å². The maximum Gasteiger partial charge on any atom is 0.338 e. The first-order chi connectivity index (χ1) is 11.9. The van der Waals surface area contributed by atoms with E-state index in [1.54, 1.807) is 30.3 Å². The van der Waals surface area contributed by atoms with Gasteiger partial charge < -0.3 is 15.0 Å². The van der Waals surface area contributed by atoms with Crippen molar-refractivity contribution in [3.63, 3.8) is 0 Å². The molecule has 0 spiro atoms. The topological polar surface area (TPSA) is 84.1 Å². The van der Waals surface area contributed by atoms with Crippen molar-refractivity contribution in [2.45, 2.75) is 13.0 Å². The average Bonchev–Trinajstić information content (AvgIpc) is 3.05. The fourth-order valence-electron chi connectivity index (χ4n) is 2.17. The zero-order chi connectivity index (χ0) is 18.0. The number of anilines is 1. The third kappa shape index (κ3) is 3.92. The van der Waals surface area contributed by atoms with Crippen LogP contribution in [0.4, 0.5) is 5.69 Å². The fraction of sp³-hybridized carbons (Fsp3) is 0.118. The minimum absolute atomic E-state index is 0.317. The molecule has 1 aromatic heterocycles. The number of halogens is 2. The second-order valence-corrected chi connectivity index (χ2v) is 6.14. The van der Waals surface area contributed by atoms with Crippen LogP contribution in [0.5, 0.6) is 0 Å². The van der Waals surface area contributed by atoms with E-state index in [4.69, 9.17) is 27.9 Å². The number of hydrogen-bond acceptors (Lipinski definition) is 4. The van der Waals surface area contributed by atoms with E-state index in [9.17, 15) is 9.59 Å². The second-order valence-electron chi connectivity index (χ2n) is 5.30. The molecule has 1 heterocycles. The van der Waals surface area contributed by atoms with E-state index in [1.807, 2.05) is 0 Å². The van der Waals surface area contributed by atoms with Crippen LogP contribution in [0.3, 0.4) is 0 Å². The largest absolute Gasteiger partial charge is 0.449 e. The Bertz CT molecular complexity index is 955. The molecule has 0 aliphatic rings. The van der Waals surface area contributed by atoms with Gasteiger partial charge in [-0.1, -0.05) is 23.2 Å². The van der Waals surface area contributed by atoms with Crippen molar-refractivity contribution in [2.24, 2.45) is 0 Å². The minimum Gasteiger partial charge on any atom is -0.449 e. The van der Waals surface area contributed by atoms with Crippen molar-refractivity contribution >= 4 is 51.8 Å². The molecule has 8 heteroatoms. The number of hydrogen-bond donors (Lipinski definition) is 2. The molecule has 1 atom stereocenters. The van der Waals surface area contributed by atoms with Crippen LogP contribution in [-0.2, 0) is 9.53 Å². The third-order valence-electron chi connectivity index (χ3n) is 3.50. The zero-order valence-electron chi connectivity index (χ0n) is 13.0. The predicted molar refractivity (Wildman–Crippen MR) is 96.1 cm³/mol. The summed E-state index contributed by atoms with van der Waals surface area (Å²) in [6, 6.07) is 9.58. The number of aromatic amines is 1. The van der Waals surface area contributed by atoms with Gasteiger partial charge in [0.25, 0.3) is 5.91 Å². The van der Waals surface area contributed by atoms with E-state index in [-0.39, 0.29) is 0 Å². The lowest BCUT2D eigenvalue weighted by atomic mass is 10.2. The molecule has 25 heavy (non-hydrogen) atoms. The lowest BCUT2D eigenvalue weighted by Crippen LogP contribution is -2.30. The number of nitrogens with one attached hydrogen (secondary N) is 2. The summed E-state index contributed by atoms with van der Waals surface area (Å²) in [4.78, 5) is 31.4. The number of imidazole rings is 1. The van der Waals surface area contributed by atoms with Crippen LogP contribution in [0.2, 0.25) is 10.0 Å². The maximum absolute atomic E-state index is 12.2. The van der Waals surface area contributed by atoms with Crippen LogP contribution in [0, 0.1) is 0 Å². The predicted octanol–water partition coefficient (Wildman–Crippen LogP) is 4.05. The zero-order valence-corrected chi connectivity index (χ0v) is 14.6. The average molecular weight is 378 g/mol. The number of ether oxygens (including phenoxy) is 1. The Morgan fingerprint density at radius 3 is 2.80 bits per heavy atom. The SMILES string of the molecule is CC(OC(=O)c1ccc2nc[nH]c2c1)C(=O)Nc1cc(Cl)ccc1Cl. The van der Waals surface area contributed by atoms with Gasteiger partial charge in [-0.05, 0) is 43.3 Å². The van der Waals surface area contributed by atoms with Gasteiger partial charge in [0.15, 0.2) is 6.10 Å². The smallest absolute Gasteiger partial charge is 0.338 e. The lowest BCUT2D eigenvalue weighted by molar-refractivity contribution is -0.123. The molecule has 3 aromatic rings. The highest BCUT2D eigenvalue weighted by Crippen LogP contribution is 2.25. The van der Waals surface area contributed by atoms with Crippen LogP contribution < -0.4 is 5.32 Å². The van der Waals surface area contributed by atoms with Crippen molar-refractivity contribution in [2.75, 3.05) is 5.32 Å². The Hall–Kier alpha value is -2.57. The maximum atomic E-state index is 12.2. The van der Waals surface area contributed by atoms with Crippen molar-refractivity contribution < 1.29 is 14.3 Å². The van der Waals surface area contributed by atoms with E-state index < -0.39 is 18.0 Å². The number of carbonyl (C=O) groups excluding carboxylic acids is 2. The summed E-state index contributed by atoms with van der Waals surface area (Å²) in [7, 11) is 0. The van der Waals surface area contributed by atoms with Crippen molar-refractivity contribution in [1.29, 1.82) is 0 Å². The minimum atomic E-state index is -1.01. The highest BCUT2D eigenvalue weighted by molar-refractivity contribution is 6.35. The molecule has 0 aliphatic heterocycles. The Morgan fingerprint density at radius 2 is 2.00 bits per heavy atom. The summed E-state index contributed by atoms with van der Waals surface area (Å²) < 4.78 is 5.20. The highest BCUT2D eigenvalue weighted by Gasteiger charge is 2.20. The first-order valence-corrected chi connectivity index (χ1v) is 8.09. The number of benzene rings is 2. The van der Waals surface area contributed by atoms with E-state index in [1.165, 1.54) is 19.3 Å². The molecule has 128 valence electrons. The van der Waals surface area contributed by atoms with E-state index in [0.29, 0.717) is 26.8 Å². The van der Waals surface area contributed by atoms with Crippen LogP contribution in [0.1, 0.15) is 17.3 Å². The molecule has 3 rings (SSSR count). The molecular weight excluding hydrogens is 365 g/mol. The van der Waals surface area contributed by atoms with Crippen LogP contribution in [0.25, 0.3) is 11.0 Å². The summed E-state index contributed by atoms with van der Waals surface area (Å²) in [5, 5.41) is 3.35. The summed E-state index contributed by atoms with van der Waals surface area (Å²) in [6.45, 7) is 1.47. The molecule has 0 bridgehead atoms. The number of aromatic nitrogens is 2. The Morgan fingerprint density at radius 1 is 1.20 bits per heavy atom. The van der Waals surface area contributed by atoms with Gasteiger partial charge in [0, 0.05) is 5.02 Å². The standard InChI is InChI=1S/C17H13Cl2N3O3/c1-9(16(23)22-14-7-11(18)3-4-12(14)19)25-17(24)10-2-5-13-15(6-10)21-8-20-13/h2-9H,1H3,(H,20,21)(H,22,23). The molecule has 2 aromatic carbocycles. The number of rotatable bonds is 4. The molecule has 2 N–H and O–H groups in total. The van der Waals surface area contributed by atoms with Crippen LogP contribution in [0.15, 0.2) is 42.7 Å². The molecule has 0 saturated heterocycles. The number of nitrogens with zero attached hydrogens (tertiary/aromatic N) is 1. The van der Waals surface area contributed by atoms with Crippen molar-refractivity contribution in [3.05, 3.63) is 58.3 Å². The molecule has 0 aliphatic carbocycles. The molecule has 0 fully saturated rings. The molecule has 6 nitrogen and oxygen atoms in total. The van der Waals surface area contributed by atoms with E-state index in [0.717, 1.165) is 5.52 Å². The van der Waals surface area contributed by atoms with E-state index >= 15 is 0 Å². The Kier molecular flexibility index (Phi) is 4.92. The summed E-state index contributed by atoms with van der Waals surface area (Å²) in [5.41, 5.74) is 2.10. The molecule has 0 saturated carbocycles. The quantitative estimate of drug-likeness (QED) is 0.671. The summed E-state index contributed by atoms with van der Waals surface area (Å²) >= 11 is 11.9. The third-order valence-corrected chi connectivity index (χ3v) is 4.06. The molecule has 1 amide bonds. The Balaban J connectivity index is 1.68. The van der Waals surface area contributed by atoms with Gasteiger partial charge >= 0.3 is 5.97 Å². The van der Waals surface area contributed by atoms with Crippen molar-refractivity contribution in [1.82, 2.24) is 9.97 Å². The molecular formula is C17H13Cl2N3O3. The van der Waals surface area contributed by atoms with Gasteiger partial charge in [-0.25, -0.2) is 9.78 Å². The van der Waals surface area contributed by atoms with E-state index in [2.05, 4.69) is 15.3 Å². The van der Waals surface area contributed by atoms with Gasteiger partial charge in [0.05, 0.1) is 33.6 Å². The van der Waals surface area contributed by atoms with Gasteiger partial charge in [0.2, 0.25) is 0 Å². The van der Waals surface area contributed by atoms with Gasteiger partial charge in [-0.2, -0.15) is 0 Å². The number of carbonyl (C=O) groups is 2. The lowest BCUT2D eigenvalue weighted by Gasteiger charge is -2.14. The van der Waals surface area contributed by atoms with Gasteiger partial charge in [0.1, 0.15) is 0 Å². The second kappa shape index (κ2) is 7.13. The number of H-pyrrole nitrogens is 1. The molecule has 0 radical (unpaired) electrons. The number of amides is 1. The van der Waals surface area contributed by atoms with Crippen molar-refractivity contribution in [3.8, 4) is 0 Å². The molecule has 1 unspecified atom stereocenters. The Labute approximate surface area is 153 Å². The summed E-state index contributed by atoms with van der Waals surface area (Å²) in [6.07, 6.45) is 0.518. The fourth-order valence-corrected chi connectivity index (χ4v) is 2.51. The number of esters is 1. The van der Waals surface area contributed by atoms with Crippen LogP contribution in [-0.4, -0.2) is 27.9 Å².